The van der Waals surface area contributed by atoms with E-state index in [-0.39, 0.29) is 24.2 Å². The number of halogens is 1. The average Bonchev–Trinajstić information content (AvgIpc) is 2.20. The number of nitrogens with one attached hydrogen (secondary N) is 1. The van der Waals surface area contributed by atoms with Gasteiger partial charge in [-0.05, 0) is 20.4 Å². The third kappa shape index (κ3) is 3.65. The molecule has 1 aromatic rings. The third-order valence-corrected chi connectivity index (χ3v) is 2.41. The maximum absolute atomic E-state index is 11.9. The summed E-state index contributed by atoms with van der Waals surface area (Å²) in [6.45, 7) is 4.02. The second kappa shape index (κ2) is 6.59. The molecule has 2 nitrogen and oxygen atoms in total. The SMILES string of the molecule is CCC(NC)C(=O)c1ccc(C)cc1.Cl. The van der Waals surface area contributed by atoms with Gasteiger partial charge in [0.1, 0.15) is 0 Å². The van der Waals surface area contributed by atoms with Crippen LogP contribution in [0.1, 0.15) is 29.3 Å². The molecule has 0 heterocycles. The summed E-state index contributed by atoms with van der Waals surface area (Å²) >= 11 is 0. The van der Waals surface area contributed by atoms with Crippen molar-refractivity contribution in [3.05, 3.63) is 35.4 Å². The largest absolute Gasteiger partial charge is 0.310 e. The molecule has 0 saturated carbocycles. The fourth-order valence-electron chi connectivity index (χ4n) is 1.44. The predicted molar refractivity (Wildman–Crippen MR) is 65.9 cm³/mol. The molecule has 0 aliphatic heterocycles. The van der Waals surface area contributed by atoms with Crippen LogP contribution in [0.3, 0.4) is 0 Å². The van der Waals surface area contributed by atoms with E-state index in [1.54, 1.807) is 0 Å². The van der Waals surface area contributed by atoms with Crippen molar-refractivity contribution in [1.29, 1.82) is 0 Å². The van der Waals surface area contributed by atoms with Crippen LogP contribution in [-0.4, -0.2) is 18.9 Å². The van der Waals surface area contributed by atoms with Crippen molar-refractivity contribution in [3.8, 4) is 0 Å². The van der Waals surface area contributed by atoms with E-state index in [0.717, 1.165) is 12.0 Å². The Hall–Kier alpha value is -0.860. The van der Waals surface area contributed by atoms with Crippen LogP contribution in [-0.2, 0) is 0 Å². The fraction of sp³-hybridized carbons (Fsp3) is 0.417. The van der Waals surface area contributed by atoms with E-state index in [1.807, 2.05) is 45.2 Å². The Balaban J connectivity index is 0.00000196. The van der Waals surface area contributed by atoms with Gasteiger partial charge in [-0.1, -0.05) is 36.8 Å². The molecule has 15 heavy (non-hydrogen) atoms. The maximum Gasteiger partial charge on any atom is 0.179 e. The predicted octanol–water partition coefficient (Wildman–Crippen LogP) is 2.60. The van der Waals surface area contributed by atoms with E-state index in [2.05, 4.69) is 5.32 Å². The molecule has 1 rings (SSSR count). The van der Waals surface area contributed by atoms with Crippen molar-refractivity contribution in [2.24, 2.45) is 0 Å². The van der Waals surface area contributed by atoms with Crippen LogP contribution in [0.4, 0.5) is 0 Å². The molecule has 0 spiro atoms. The maximum atomic E-state index is 11.9. The highest BCUT2D eigenvalue weighted by molar-refractivity contribution is 6.00. The van der Waals surface area contributed by atoms with Crippen molar-refractivity contribution >= 4 is 18.2 Å². The zero-order valence-corrected chi connectivity index (χ0v) is 10.2. The normalized spacial score (nSPS) is 11.7. The first-order valence-electron chi connectivity index (χ1n) is 4.97. The van der Waals surface area contributed by atoms with Crippen LogP contribution in [0.5, 0.6) is 0 Å². The summed E-state index contributed by atoms with van der Waals surface area (Å²) in [5.41, 5.74) is 1.97. The zero-order valence-electron chi connectivity index (χ0n) is 9.41. The van der Waals surface area contributed by atoms with Gasteiger partial charge in [0.15, 0.2) is 5.78 Å². The topological polar surface area (TPSA) is 29.1 Å². The summed E-state index contributed by atoms with van der Waals surface area (Å²) in [6.07, 6.45) is 0.823. The Kier molecular flexibility index (Phi) is 6.21. The van der Waals surface area contributed by atoms with Gasteiger partial charge < -0.3 is 5.32 Å². The van der Waals surface area contributed by atoms with E-state index in [0.29, 0.717) is 0 Å². The second-order valence-electron chi connectivity index (χ2n) is 3.48. The zero-order chi connectivity index (χ0) is 10.6. The van der Waals surface area contributed by atoms with Gasteiger partial charge in [0.05, 0.1) is 6.04 Å². The van der Waals surface area contributed by atoms with Gasteiger partial charge in [-0.2, -0.15) is 0 Å². The number of carbonyl (C=O) groups excluding carboxylic acids is 1. The molecule has 1 atom stereocenters. The Labute approximate surface area is 97.5 Å². The first-order valence-corrected chi connectivity index (χ1v) is 4.97. The van der Waals surface area contributed by atoms with Crippen LogP contribution in [0.25, 0.3) is 0 Å². The minimum absolute atomic E-state index is 0. The number of hydrogen-bond acceptors (Lipinski definition) is 2. The van der Waals surface area contributed by atoms with Crippen molar-refractivity contribution in [2.45, 2.75) is 26.3 Å². The van der Waals surface area contributed by atoms with Gasteiger partial charge in [-0.15, -0.1) is 12.4 Å². The monoisotopic (exact) mass is 227 g/mol. The molecular formula is C12H18ClNO. The Morgan fingerprint density at radius 1 is 1.33 bits per heavy atom. The lowest BCUT2D eigenvalue weighted by atomic mass is 10.0. The summed E-state index contributed by atoms with van der Waals surface area (Å²) in [4.78, 5) is 11.9. The fourth-order valence-corrected chi connectivity index (χ4v) is 1.44. The number of Topliss-reactive ketones (excluding diaryl/α,β-unsaturated/α-hetero) is 1. The molecule has 0 amide bonds. The summed E-state index contributed by atoms with van der Waals surface area (Å²) < 4.78 is 0. The number of aryl methyl sites for hydroxylation is 1. The smallest absolute Gasteiger partial charge is 0.179 e. The van der Waals surface area contributed by atoms with E-state index < -0.39 is 0 Å². The number of rotatable bonds is 4. The van der Waals surface area contributed by atoms with Crippen LogP contribution in [0.15, 0.2) is 24.3 Å². The Morgan fingerprint density at radius 3 is 2.27 bits per heavy atom. The minimum Gasteiger partial charge on any atom is -0.310 e. The Bertz CT molecular complexity index is 304. The minimum atomic E-state index is -0.0577. The van der Waals surface area contributed by atoms with Gasteiger partial charge in [-0.3, -0.25) is 4.79 Å². The first-order chi connectivity index (χ1) is 6.69. The molecule has 0 fully saturated rings. The average molecular weight is 228 g/mol. The summed E-state index contributed by atoms with van der Waals surface area (Å²) in [5, 5.41) is 3.02. The molecule has 84 valence electrons. The van der Waals surface area contributed by atoms with E-state index >= 15 is 0 Å². The van der Waals surface area contributed by atoms with Crippen molar-refractivity contribution in [2.75, 3.05) is 7.05 Å². The highest BCUT2D eigenvalue weighted by Crippen LogP contribution is 2.07. The number of likely N-dealkylation sites (N-methyl/N-ethyl adjacent to an activating group) is 1. The highest BCUT2D eigenvalue weighted by atomic mass is 35.5. The van der Waals surface area contributed by atoms with Crippen molar-refractivity contribution < 1.29 is 4.79 Å². The molecule has 0 bridgehead atoms. The van der Waals surface area contributed by atoms with Gasteiger partial charge in [0, 0.05) is 5.56 Å². The van der Waals surface area contributed by atoms with Crippen molar-refractivity contribution in [1.82, 2.24) is 5.32 Å². The molecule has 0 aromatic heterocycles. The molecule has 1 aromatic carbocycles. The lowest BCUT2D eigenvalue weighted by molar-refractivity contribution is 0.0945. The summed E-state index contributed by atoms with van der Waals surface area (Å²) in [6, 6.07) is 7.65. The van der Waals surface area contributed by atoms with E-state index in [1.165, 1.54) is 5.56 Å². The summed E-state index contributed by atoms with van der Waals surface area (Å²) in [5.74, 6) is 0.176. The number of hydrogen-bond donors (Lipinski definition) is 1. The number of carbonyl (C=O) groups is 1. The molecular weight excluding hydrogens is 210 g/mol. The van der Waals surface area contributed by atoms with Gasteiger partial charge in [0.2, 0.25) is 0 Å². The van der Waals surface area contributed by atoms with Gasteiger partial charge in [0.25, 0.3) is 0 Å². The standard InChI is InChI=1S/C12H17NO.ClH/c1-4-11(13-3)12(14)10-7-5-9(2)6-8-10;/h5-8,11,13H,4H2,1-3H3;1H. The van der Waals surface area contributed by atoms with Crippen LogP contribution >= 0.6 is 12.4 Å². The molecule has 0 radical (unpaired) electrons. The molecule has 3 heteroatoms. The van der Waals surface area contributed by atoms with Crippen LogP contribution in [0.2, 0.25) is 0 Å². The van der Waals surface area contributed by atoms with Crippen LogP contribution in [0, 0.1) is 6.92 Å². The number of ketones is 1. The molecule has 1 N–H and O–H groups in total. The number of benzene rings is 1. The molecule has 0 saturated heterocycles. The summed E-state index contributed by atoms with van der Waals surface area (Å²) in [7, 11) is 1.82. The van der Waals surface area contributed by atoms with Gasteiger partial charge >= 0.3 is 0 Å². The van der Waals surface area contributed by atoms with Crippen molar-refractivity contribution in [3.63, 3.8) is 0 Å². The Morgan fingerprint density at radius 2 is 1.87 bits per heavy atom. The quantitative estimate of drug-likeness (QED) is 0.802. The molecule has 0 aliphatic carbocycles. The van der Waals surface area contributed by atoms with E-state index in [4.69, 9.17) is 0 Å². The van der Waals surface area contributed by atoms with E-state index in [9.17, 15) is 4.79 Å². The lowest BCUT2D eigenvalue weighted by Gasteiger charge is -2.12. The second-order valence-corrected chi connectivity index (χ2v) is 3.48. The first kappa shape index (κ1) is 14.1. The highest BCUT2D eigenvalue weighted by Gasteiger charge is 2.15. The third-order valence-electron chi connectivity index (χ3n) is 2.41. The molecule has 1 unspecified atom stereocenters. The van der Waals surface area contributed by atoms with Gasteiger partial charge in [-0.25, -0.2) is 0 Å². The van der Waals surface area contributed by atoms with Crippen LogP contribution < -0.4 is 5.32 Å². The molecule has 0 aliphatic rings. The lowest BCUT2D eigenvalue weighted by Crippen LogP contribution is -2.33.